The molecule has 2 heterocycles. The molecule has 0 aliphatic heterocycles. The SMILES string of the molecule is Cc1cc(C(=O)NNC(=O)c2cn(-c3ccccc3)nc2-c2ccccc2)nn1-c1ccccc1. The van der Waals surface area contributed by atoms with E-state index < -0.39 is 11.8 Å². The third-order valence-corrected chi connectivity index (χ3v) is 5.44. The molecule has 35 heavy (non-hydrogen) atoms. The minimum absolute atomic E-state index is 0.190. The standard InChI is InChI=1S/C27H22N6O2/c1-19-17-24(30-33(19)22-15-9-4-10-16-22)27(35)29-28-26(34)23-18-32(21-13-7-3-8-14-21)31-25(23)20-11-5-2-6-12-20/h2-18H,1H3,(H,28,34)(H,29,35). The predicted molar refractivity (Wildman–Crippen MR) is 132 cm³/mol. The molecule has 0 atom stereocenters. The highest BCUT2D eigenvalue weighted by atomic mass is 16.2. The quantitative estimate of drug-likeness (QED) is 0.385. The molecule has 0 aliphatic carbocycles. The van der Waals surface area contributed by atoms with Crippen LogP contribution >= 0.6 is 0 Å². The van der Waals surface area contributed by atoms with Crippen molar-refractivity contribution in [1.82, 2.24) is 30.4 Å². The van der Waals surface area contributed by atoms with E-state index in [4.69, 9.17) is 0 Å². The lowest BCUT2D eigenvalue weighted by molar-refractivity contribution is 0.0844. The maximum Gasteiger partial charge on any atom is 0.290 e. The summed E-state index contributed by atoms with van der Waals surface area (Å²) in [5, 5.41) is 9.01. The molecule has 0 fully saturated rings. The number of carbonyl (C=O) groups is 2. The first-order valence-corrected chi connectivity index (χ1v) is 11.0. The molecule has 0 bridgehead atoms. The molecule has 8 nitrogen and oxygen atoms in total. The Morgan fingerprint density at radius 1 is 0.714 bits per heavy atom. The van der Waals surface area contributed by atoms with Gasteiger partial charge in [0, 0.05) is 17.5 Å². The van der Waals surface area contributed by atoms with Crippen LogP contribution in [-0.2, 0) is 0 Å². The molecule has 0 saturated carbocycles. The normalized spacial score (nSPS) is 10.7. The molecule has 8 heteroatoms. The maximum absolute atomic E-state index is 13.1. The fraction of sp³-hybridized carbons (Fsp3) is 0.0370. The number of hydrogen-bond donors (Lipinski definition) is 2. The van der Waals surface area contributed by atoms with Gasteiger partial charge in [0.2, 0.25) is 0 Å². The minimum Gasteiger partial charge on any atom is -0.267 e. The molecular weight excluding hydrogens is 440 g/mol. The number of aryl methyl sites for hydroxylation is 1. The molecule has 5 rings (SSSR count). The minimum atomic E-state index is -0.521. The van der Waals surface area contributed by atoms with Crippen molar-refractivity contribution >= 4 is 11.8 Å². The van der Waals surface area contributed by atoms with Crippen LogP contribution in [0.3, 0.4) is 0 Å². The summed E-state index contributed by atoms with van der Waals surface area (Å²) in [5.41, 5.74) is 9.22. The van der Waals surface area contributed by atoms with Crippen LogP contribution in [0.25, 0.3) is 22.6 Å². The zero-order valence-electron chi connectivity index (χ0n) is 18.9. The summed E-state index contributed by atoms with van der Waals surface area (Å²) in [7, 11) is 0. The molecule has 172 valence electrons. The molecule has 0 aliphatic rings. The largest absolute Gasteiger partial charge is 0.290 e. The summed E-state index contributed by atoms with van der Waals surface area (Å²) < 4.78 is 3.32. The van der Waals surface area contributed by atoms with Crippen molar-refractivity contribution in [3.8, 4) is 22.6 Å². The van der Waals surface area contributed by atoms with Gasteiger partial charge in [-0.3, -0.25) is 20.4 Å². The molecule has 3 aromatic carbocycles. The smallest absolute Gasteiger partial charge is 0.267 e. The second-order valence-electron chi connectivity index (χ2n) is 7.86. The summed E-state index contributed by atoms with van der Waals surface area (Å²) >= 11 is 0. The van der Waals surface area contributed by atoms with Crippen LogP contribution in [-0.4, -0.2) is 31.4 Å². The van der Waals surface area contributed by atoms with Gasteiger partial charge < -0.3 is 0 Å². The second-order valence-corrected chi connectivity index (χ2v) is 7.86. The second kappa shape index (κ2) is 9.48. The van der Waals surface area contributed by atoms with Gasteiger partial charge in [0.25, 0.3) is 11.8 Å². The Bertz CT molecular complexity index is 1470. The Morgan fingerprint density at radius 2 is 1.29 bits per heavy atom. The molecular formula is C27H22N6O2. The number of para-hydroxylation sites is 2. The van der Waals surface area contributed by atoms with Crippen molar-refractivity contribution in [3.05, 3.63) is 120 Å². The fourth-order valence-corrected chi connectivity index (χ4v) is 3.72. The Hall–Kier alpha value is -4.98. The molecule has 5 aromatic rings. The van der Waals surface area contributed by atoms with Crippen molar-refractivity contribution in [2.24, 2.45) is 0 Å². The lowest BCUT2D eigenvalue weighted by Gasteiger charge is -2.06. The predicted octanol–water partition coefficient (Wildman–Crippen LogP) is 4.11. The van der Waals surface area contributed by atoms with Crippen molar-refractivity contribution < 1.29 is 9.59 Å². The fourth-order valence-electron chi connectivity index (χ4n) is 3.72. The molecule has 2 N–H and O–H groups in total. The van der Waals surface area contributed by atoms with E-state index in [9.17, 15) is 9.59 Å². The summed E-state index contributed by atoms with van der Waals surface area (Å²) in [6.45, 7) is 1.86. The monoisotopic (exact) mass is 462 g/mol. The maximum atomic E-state index is 13.1. The van der Waals surface area contributed by atoms with Crippen molar-refractivity contribution in [3.63, 3.8) is 0 Å². The van der Waals surface area contributed by atoms with Gasteiger partial charge in [0.1, 0.15) is 5.69 Å². The molecule has 0 spiro atoms. The van der Waals surface area contributed by atoms with Crippen molar-refractivity contribution in [2.45, 2.75) is 6.92 Å². The van der Waals surface area contributed by atoms with E-state index >= 15 is 0 Å². The van der Waals surface area contributed by atoms with E-state index in [1.807, 2.05) is 97.9 Å². The first-order valence-electron chi connectivity index (χ1n) is 11.0. The van der Waals surface area contributed by atoms with Gasteiger partial charge in [-0.25, -0.2) is 9.36 Å². The molecule has 2 amide bonds. The number of hydrazine groups is 1. The summed E-state index contributed by atoms with van der Waals surface area (Å²) in [6, 6.07) is 30.1. The van der Waals surface area contributed by atoms with E-state index in [0.717, 1.165) is 22.6 Å². The third kappa shape index (κ3) is 4.58. The average Bonchev–Trinajstić information content (AvgIpc) is 3.53. The van der Waals surface area contributed by atoms with Crippen LogP contribution in [0.15, 0.2) is 103 Å². The average molecular weight is 463 g/mol. The number of amides is 2. The van der Waals surface area contributed by atoms with Gasteiger partial charge in [-0.05, 0) is 37.3 Å². The van der Waals surface area contributed by atoms with Gasteiger partial charge >= 0.3 is 0 Å². The van der Waals surface area contributed by atoms with Crippen LogP contribution in [0.5, 0.6) is 0 Å². The molecule has 0 unspecified atom stereocenters. The lowest BCUT2D eigenvalue weighted by Crippen LogP contribution is -2.41. The summed E-state index contributed by atoms with van der Waals surface area (Å²) in [5.74, 6) is -1.01. The van der Waals surface area contributed by atoms with E-state index in [1.165, 1.54) is 0 Å². The van der Waals surface area contributed by atoms with Gasteiger partial charge in [-0.15, -0.1) is 0 Å². The van der Waals surface area contributed by atoms with Gasteiger partial charge in [-0.2, -0.15) is 10.2 Å². The molecule has 0 radical (unpaired) electrons. The Kier molecular flexibility index (Phi) is 5.92. The van der Waals surface area contributed by atoms with Crippen LogP contribution in [0.4, 0.5) is 0 Å². The number of rotatable bonds is 5. The molecule has 0 saturated heterocycles. The number of hydrogen-bond acceptors (Lipinski definition) is 4. The lowest BCUT2D eigenvalue weighted by atomic mass is 10.1. The highest BCUT2D eigenvalue weighted by molar-refractivity contribution is 6.02. The molecule has 2 aromatic heterocycles. The van der Waals surface area contributed by atoms with Crippen LogP contribution in [0.2, 0.25) is 0 Å². The van der Waals surface area contributed by atoms with Gasteiger partial charge in [-0.1, -0.05) is 66.7 Å². The highest BCUT2D eigenvalue weighted by Gasteiger charge is 2.20. The topological polar surface area (TPSA) is 93.8 Å². The zero-order valence-corrected chi connectivity index (χ0v) is 18.9. The highest BCUT2D eigenvalue weighted by Crippen LogP contribution is 2.23. The van der Waals surface area contributed by atoms with Crippen LogP contribution < -0.4 is 10.9 Å². The van der Waals surface area contributed by atoms with Crippen molar-refractivity contribution in [2.75, 3.05) is 0 Å². The number of nitrogens with zero attached hydrogens (tertiary/aromatic N) is 4. The third-order valence-electron chi connectivity index (χ3n) is 5.44. The van der Waals surface area contributed by atoms with E-state index in [1.54, 1.807) is 21.6 Å². The Balaban J connectivity index is 1.37. The van der Waals surface area contributed by atoms with Gasteiger partial charge in [0.05, 0.1) is 16.9 Å². The Labute approximate surface area is 201 Å². The number of carbonyl (C=O) groups excluding carboxylic acids is 2. The number of nitrogens with one attached hydrogen (secondary N) is 2. The zero-order chi connectivity index (χ0) is 24.2. The van der Waals surface area contributed by atoms with Crippen LogP contribution in [0, 0.1) is 6.92 Å². The van der Waals surface area contributed by atoms with E-state index in [-0.39, 0.29) is 5.69 Å². The first kappa shape index (κ1) is 21.8. The van der Waals surface area contributed by atoms with E-state index in [2.05, 4.69) is 21.0 Å². The summed E-state index contributed by atoms with van der Waals surface area (Å²) in [4.78, 5) is 25.8. The van der Waals surface area contributed by atoms with E-state index in [0.29, 0.717) is 11.3 Å². The van der Waals surface area contributed by atoms with Crippen molar-refractivity contribution in [1.29, 1.82) is 0 Å². The number of benzene rings is 3. The Morgan fingerprint density at radius 3 is 1.94 bits per heavy atom. The first-order chi connectivity index (χ1) is 17.1. The summed E-state index contributed by atoms with van der Waals surface area (Å²) in [6.07, 6.45) is 1.65. The van der Waals surface area contributed by atoms with Gasteiger partial charge in [0.15, 0.2) is 5.69 Å². The van der Waals surface area contributed by atoms with Crippen LogP contribution in [0.1, 0.15) is 26.5 Å². The number of aromatic nitrogens is 4.